The van der Waals surface area contributed by atoms with Gasteiger partial charge in [-0.25, -0.2) is 9.57 Å². The Morgan fingerprint density at radius 2 is 1.84 bits per heavy atom. The van der Waals surface area contributed by atoms with Crippen LogP contribution in [0.2, 0.25) is 12.6 Å². The first-order valence-electron chi connectivity index (χ1n) is 11.6. The standard InChI is InChI=1S/C25H35N3O2Si/c1-6-27(7-2)19-12-14-21-23(17-19)31(5,16-10-11-25(29)30)24-18-20(28(8-3)9-4)13-15-22(24)26-21/h12-15,17-18H,6-11,16H2,1-5H3/p+1. The first-order chi connectivity index (χ1) is 14.9. The Morgan fingerprint density at radius 1 is 1.13 bits per heavy atom. The Bertz CT molecular complexity index is 967. The molecule has 0 amide bonds. The lowest BCUT2D eigenvalue weighted by Gasteiger charge is -2.37. The molecule has 1 aromatic rings. The van der Waals surface area contributed by atoms with Gasteiger partial charge in [-0.3, -0.25) is 4.79 Å². The summed E-state index contributed by atoms with van der Waals surface area (Å²) in [5.74, 6) is -0.715. The van der Waals surface area contributed by atoms with E-state index in [1.807, 2.05) is 0 Å². The van der Waals surface area contributed by atoms with Crippen molar-refractivity contribution in [2.45, 2.75) is 53.1 Å². The number of carboxylic acids is 1. The van der Waals surface area contributed by atoms with E-state index in [0.717, 1.165) is 43.6 Å². The Morgan fingerprint density at radius 3 is 2.45 bits per heavy atom. The Kier molecular flexibility index (Phi) is 7.31. The Balaban J connectivity index is 2.17. The van der Waals surface area contributed by atoms with E-state index in [-0.39, 0.29) is 6.42 Å². The number of carbonyl (C=O) groups is 1. The molecule has 0 saturated carbocycles. The normalized spacial score (nSPS) is 19.3. The minimum absolute atomic E-state index is 0.218. The number of carboxylic acid groups (broad SMARTS) is 1. The molecule has 1 heterocycles. The zero-order chi connectivity index (χ0) is 22.6. The summed E-state index contributed by atoms with van der Waals surface area (Å²) in [6, 6.07) is 7.59. The second-order valence-corrected chi connectivity index (χ2v) is 12.7. The van der Waals surface area contributed by atoms with Crippen molar-refractivity contribution in [2.75, 3.05) is 31.1 Å². The van der Waals surface area contributed by atoms with Crippen LogP contribution in [0.15, 0.2) is 46.6 Å². The van der Waals surface area contributed by atoms with Gasteiger partial charge in [0, 0.05) is 37.3 Å². The van der Waals surface area contributed by atoms with Crippen LogP contribution in [0, 0.1) is 0 Å². The van der Waals surface area contributed by atoms with E-state index in [1.165, 1.54) is 21.8 Å². The molecule has 1 N–H and O–H groups in total. The predicted molar refractivity (Wildman–Crippen MR) is 134 cm³/mol. The van der Waals surface area contributed by atoms with Gasteiger partial charge < -0.3 is 10.0 Å². The average Bonchev–Trinajstić information content (AvgIpc) is 2.76. The van der Waals surface area contributed by atoms with E-state index in [1.54, 1.807) is 0 Å². The number of hydrogen-bond acceptors (Lipinski definition) is 3. The van der Waals surface area contributed by atoms with Crippen LogP contribution in [0.4, 0.5) is 11.4 Å². The van der Waals surface area contributed by atoms with Crippen LogP contribution >= 0.6 is 0 Å². The summed E-state index contributed by atoms with van der Waals surface area (Å²) in [7, 11) is -2.16. The number of hydrogen-bond donors (Lipinski definition) is 1. The number of aliphatic carboxylic acids is 1. The number of fused-ring (bicyclic) bond motifs is 2. The number of aliphatic imine (C=N–C) groups is 1. The molecule has 0 aromatic heterocycles. The molecular formula is C25H36N3O2Si+. The second-order valence-electron chi connectivity index (χ2n) is 8.44. The number of anilines is 1. The topological polar surface area (TPSA) is 55.9 Å². The highest BCUT2D eigenvalue weighted by Gasteiger charge is 2.42. The maximum atomic E-state index is 11.3. The van der Waals surface area contributed by atoms with Crippen molar-refractivity contribution in [3.63, 3.8) is 0 Å². The highest BCUT2D eigenvalue weighted by atomic mass is 28.3. The van der Waals surface area contributed by atoms with E-state index < -0.39 is 14.0 Å². The fourth-order valence-electron chi connectivity index (χ4n) is 4.84. The Labute approximate surface area is 187 Å². The van der Waals surface area contributed by atoms with E-state index in [2.05, 4.69) is 80.1 Å². The molecule has 166 valence electrons. The van der Waals surface area contributed by atoms with Gasteiger partial charge in [0.25, 0.3) is 0 Å². The zero-order valence-corrected chi connectivity index (χ0v) is 20.6. The van der Waals surface area contributed by atoms with Crippen molar-refractivity contribution in [1.82, 2.24) is 0 Å². The fourth-order valence-corrected chi connectivity index (χ4v) is 8.89. The molecule has 0 fully saturated rings. The van der Waals surface area contributed by atoms with E-state index in [0.29, 0.717) is 6.42 Å². The van der Waals surface area contributed by atoms with Gasteiger partial charge in [0.1, 0.15) is 21.2 Å². The molecule has 31 heavy (non-hydrogen) atoms. The monoisotopic (exact) mass is 438 g/mol. The molecule has 1 atom stereocenters. The van der Waals surface area contributed by atoms with Gasteiger partial charge in [0.05, 0.1) is 11.4 Å². The second kappa shape index (κ2) is 9.77. The van der Waals surface area contributed by atoms with Gasteiger partial charge in [0.15, 0.2) is 5.71 Å². The molecule has 1 aromatic carbocycles. The summed E-state index contributed by atoms with van der Waals surface area (Å²) in [5.41, 5.74) is 4.59. The largest absolute Gasteiger partial charge is 0.481 e. The van der Waals surface area contributed by atoms with Gasteiger partial charge in [-0.2, -0.15) is 0 Å². The van der Waals surface area contributed by atoms with Crippen LogP contribution in [0.3, 0.4) is 0 Å². The van der Waals surface area contributed by atoms with Crippen molar-refractivity contribution in [3.8, 4) is 0 Å². The molecule has 0 bridgehead atoms. The van der Waals surface area contributed by atoms with Crippen molar-refractivity contribution in [2.24, 2.45) is 4.99 Å². The summed E-state index contributed by atoms with van der Waals surface area (Å²) < 4.78 is 2.37. The lowest BCUT2D eigenvalue weighted by atomic mass is 10.1. The minimum atomic E-state index is -2.16. The number of nitrogens with zero attached hydrogens (tertiary/aromatic N) is 3. The summed E-state index contributed by atoms with van der Waals surface area (Å²) in [5, 5.41) is 11.9. The third kappa shape index (κ3) is 4.59. The van der Waals surface area contributed by atoms with Crippen LogP contribution in [0.1, 0.15) is 40.5 Å². The van der Waals surface area contributed by atoms with Crippen molar-refractivity contribution >= 4 is 42.0 Å². The molecule has 2 aliphatic rings. The maximum absolute atomic E-state index is 11.3. The molecule has 5 nitrogen and oxygen atoms in total. The van der Waals surface area contributed by atoms with Gasteiger partial charge in [-0.05, 0) is 74.8 Å². The van der Waals surface area contributed by atoms with Crippen LogP contribution in [0.25, 0.3) is 0 Å². The smallest absolute Gasteiger partial charge is 0.303 e. The molecule has 1 aliphatic heterocycles. The first kappa shape index (κ1) is 23.2. The number of allylic oxidation sites excluding steroid dienone is 4. The molecule has 1 unspecified atom stereocenters. The number of benzene rings is 1. The molecule has 0 saturated heterocycles. The SMILES string of the molecule is CCN(CC)c1ccc2c(c1)[Si](C)(CCCC(=O)O)C1=CC(=[N+](CC)CC)C=CC1=N2. The van der Waals surface area contributed by atoms with Gasteiger partial charge in [0.2, 0.25) is 0 Å². The maximum Gasteiger partial charge on any atom is 0.303 e. The van der Waals surface area contributed by atoms with E-state index in [9.17, 15) is 9.90 Å². The molecule has 0 radical (unpaired) electrons. The summed E-state index contributed by atoms with van der Waals surface area (Å²) in [6.45, 7) is 15.0. The van der Waals surface area contributed by atoms with Gasteiger partial charge in [-0.15, -0.1) is 0 Å². The van der Waals surface area contributed by atoms with Gasteiger partial charge in [-0.1, -0.05) is 6.55 Å². The Hall–Kier alpha value is -2.47. The first-order valence-corrected chi connectivity index (χ1v) is 14.3. The van der Waals surface area contributed by atoms with Crippen LogP contribution in [-0.2, 0) is 4.79 Å². The molecule has 3 rings (SSSR count). The average molecular weight is 439 g/mol. The third-order valence-electron chi connectivity index (χ3n) is 6.71. The number of rotatable bonds is 9. The van der Waals surface area contributed by atoms with Crippen LogP contribution < -0.4 is 10.1 Å². The molecule has 6 heteroatoms. The van der Waals surface area contributed by atoms with Crippen LogP contribution in [-0.4, -0.2) is 61.3 Å². The summed E-state index contributed by atoms with van der Waals surface area (Å²) >= 11 is 0. The summed E-state index contributed by atoms with van der Waals surface area (Å²) in [6.07, 6.45) is 7.59. The van der Waals surface area contributed by atoms with E-state index >= 15 is 0 Å². The molecule has 0 spiro atoms. The van der Waals surface area contributed by atoms with Crippen LogP contribution in [0.5, 0.6) is 0 Å². The van der Waals surface area contributed by atoms with E-state index in [4.69, 9.17) is 4.99 Å². The lowest BCUT2D eigenvalue weighted by Crippen LogP contribution is -2.52. The summed E-state index contributed by atoms with van der Waals surface area (Å²) in [4.78, 5) is 18.7. The van der Waals surface area contributed by atoms with Crippen molar-refractivity contribution < 1.29 is 14.5 Å². The highest BCUT2D eigenvalue weighted by Crippen LogP contribution is 2.35. The zero-order valence-electron chi connectivity index (χ0n) is 19.6. The lowest BCUT2D eigenvalue weighted by molar-refractivity contribution is -0.519. The minimum Gasteiger partial charge on any atom is -0.481 e. The third-order valence-corrected chi connectivity index (χ3v) is 11.2. The quantitative estimate of drug-likeness (QED) is 0.355. The molecule has 1 aliphatic carbocycles. The predicted octanol–water partition coefficient (Wildman–Crippen LogP) is 4.30. The van der Waals surface area contributed by atoms with Gasteiger partial charge >= 0.3 is 5.97 Å². The van der Waals surface area contributed by atoms with Crippen molar-refractivity contribution in [3.05, 3.63) is 41.6 Å². The fraction of sp³-hybridized carbons (Fsp3) is 0.480. The molecular weight excluding hydrogens is 402 g/mol. The highest BCUT2D eigenvalue weighted by molar-refractivity contribution is 7.02. The van der Waals surface area contributed by atoms with Crippen molar-refractivity contribution in [1.29, 1.82) is 0 Å².